The maximum Gasteiger partial charge on any atom is 0.255 e. The smallest absolute Gasteiger partial charge is 0.255 e. The minimum absolute atomic E-state index is 0. The summed E-state index contributed by atoms with van der Waals surface area (Å²) in [7, 11) is 1.48. The van der Waals surface area contributed by atoms with Crippen LogP contribution < -0.4 is 21.1 Å². The molecule has 0 radical (unpaired) electrons. The second-order valence-electron chi connectivity index (χ2n) is 6.64. The van der Waals surface area contributed by atoms with E-state index < -0.39 is 11.7 Å². The maximum atomic E-state index is 13.3. The number of ether oxygens (including phenoxy) is 1. The molecule has 0 saturated heterocycles. The zero-order valence-corrected chi connectivity index (χ0v) is 16.2. The van der Waals surface area contributed by atoms with Crippen LogP contribution >= 0.6 is 12.4 Å². The first kappa shape index (κ1) is 21.7. The second-order valence-corrected chi connectivity index (χ2v) is 6.64. The first-order chi connectivity index (χ1) is 13.0. The zero-order chi connectivity index (χ0) is 19.4. The fourth-order valence-electron chi connectivity index (χ4n) is 3.21. The highest BCUT2D eigenvalue weighted by Gasteiger charge is 2.27. The van der Waals surface area contributed by atoms with E-state index in [1.54, 1.807) is 18.2 Å². The fourth-order valence-corrected chi connectivity index (χ4v) is 3.21. The van der Waals surface area contributed by atoms with Crippen LogP contribution in [0.25, 0.3) is 0 Å². The number of amides is 2. The van der Waals surface area contributed by atoms with Gasteiger partial charge in [-0.15, -0.1) is 12.4 Å². The van der Waals surface area contributed by atoms with Gasteiger partial charge in [0.2, 0.25) is 5.91 Å². The van der Waals surface area contributed by atoms with Crippen LogP contribution in [0.2, 0.25) is 0 Å². The van der Waals surface area contributed by atoms with Crippen LogP contribution in [0.1, 0.15) is 29.6 Å². The van der Waals surface area contributed by atoms with Gasteiger partial charge >= 0.3 is 0 Å². The quantitative estimate of drug-likeness (QED) is 0.706. The summed E-state index contributed by atoms with van der Waals surface area (Å²) in [5, 5.41) is 5.55. The van der Waals surface area contributed by atoms with Gasteiger partial charge < -0.3 is 21.1 Å². The Hall–Kier alpha value is -2.64. The Morgan fingerprint density at radius 2 is 1.93 bits per heavy atom. The van der Waals surface area contributed by atoms with Crippen LogP contribution in [0.5, 0.6) is 5.75 Å². The van der Waals surface area contributed by atoms with E-state index in [0.29, 0.717) is 23.5 Å². The summed E-state index contributed by atoms with van der Waals surface area (Å²) < 4.78 is 18.6. The fraction of sp³-hybridized carbons (Fsp3) is 0.300. The Labute approximate surface area is 169 Å². The van der Waals surface area contributed by atoms with Gasteiger partial charge in [0.05, 0.1) is 12.8 Å². The molecular weight excluding hydrogens is 385 g/mol. The number of methoxy groups -OCH3 is 1. The van der Waals surface area contributed by atoms with E-state index in [1.807, 2.05) is 0 Å². The molecule has 0 heterocycles. The predicted molar refractivity (Wildman–Crippen MR) is 109 cm³/mol. The lowest BCUT2D eigenvalue weighted by molar-refractivity contribution is -0.119. The molecular formula is C20H23ClFN3O3. The number of halogens is 2. The molecule has 0 bridgehead atoms. The van der Waals surface area contributed by atoms with Gasteiger partial charge in [0, 0.05) is 23.2 Å². The van der Waals surface area contributed by atoms with Crippen molar-refractivity contribution in [3.05, 3.63) is 53.8 Å². The average molecular weight is 408 g/mol. The number of carbonyl (C=O) groups excluding carboxylic acids is 2. The molecule has 4 N–H and O–H groups in total. The number of hydrogen-bond acceptors (Lipinski definition) is 4. The molecule has 3 rings (SSSR count). The van der Waals surface area contributed by atoms with E-state index >= 15 is 0 Å². The summed E-state index contributed by atoms with van der Waals surface area (Å²) in [6.07, 6.45) is 2.28. The summed E-state index contributed by atoms with van der Waals surface area (Å²) in [5.74, 6) is -0.730. The Morgan fingerprint density at radius 1 is 1.14 bits per heavy atom. The third-order valence-electron chi connectivity index (χ3n) is 4.65. The van der Waals surface area contributed by atoms with Crippen molar-refractivity contribution in [2.45, 2.75) is 25.3 Å². The molecule has 1 aliphatic rings. The van der Waals surface area contributed by atoms with Gasteiger partial charge in [-0.1, -0.05) is 6.07 Å². The number of carbonyl (C=O) groups is 2. The van der Waals surface area contributed by atoms with Gasteiger partial charge in [0.1, 0.15) is 11.6 Å². The average Bonchev–Trinajstić information content (AvgIpc) is 3.08. The molecule has 1 aliphatic carbocycles. The van der Waals surface area contributed by atoms with Crippen LogP contribution in [-0.2, 0) is 4.79 Å². The molecule has 2 aromatic carbocycles. The minimum atomic E-state index is -0.495. The van der Waals surface area contributed by atoms with Crippen LogP contribution in [-0.4, -0.2) is 25.0 Å². The third-order valence-corrected chi connectivity index (χ3v) is 4.65. The normalized spacial score (nSPS) is 18.1. The lowest BCUT2D eigenvalue weighted by atomic mass is 10.1. The van der Waals surface area contributed by atoms with E-state index in [0.717, 1.165) is 18.9 Å². The monoisotopic (exact) mass is 407 g/mol. The van der Waals surface area contributed by atoms with Crippen molar-refractivity contribution in [1.82, 2.24) is 0 Å². The molecule has 2 aromatic rings. The number of hydrogen-bond donors (Lipinski definition) is 3. The molecule has 2 unspecified atom stereocenters. The summed E-state index contributed by atoms with van der Waals surface area (Å²) >= 11 is 0. The molecule has 0 aliphatic heterocycles. The van der Waals surface area contributed by atoms with Gasteiger partial charge in [-0.25, -0.2) is 4.39 Å². The van der Waals surface area contributed by atoms with Crippen molar-refractivity contribution in [3.63, 3.8) is 0 Å². The molecule has 1 saturated carbocycles. The van der Waals surface area contributed by atoms with Gasteiger partial charge in [-0.3, -0.25) is 9.59 Å². The zero-order valence-electron chi connectivity index (χ0n) is 15.4. The molecule has 2 atom stereocenters. The standard InChI is InChI=1S/C20H22FN3O3.ClH/c1-27-18-8-7-16(23-19(25)13-5-6-15(22)10-13)11-17(18)24-20(26)12-3-2-4-14(21)9-12;/h2-4,7-9,11,13,15H,5-6,10,22H2,1H3,(H,23,25)(H,24,26);1H. The maximum absolute atomic E-state index is 13.3. The highest BCUT2D eigenvalue weighted by molar-refractivity contribution is 6.05. The van der Waals surface area contributed by atoms with E-state index in [1.165, 1.54) is 25.3 Å². The number of rotatable bonds is 5. The molecule has 6 nitrogen and oxygen atoms in total. The highest BCUT2D eigenvalue weighted by Crippen LogP contribution is 2.30. The Balaban J connectivity index is 0.00000280. The first-order valence-corrected chi connectivity index (χ1v) is 8.77. The number of anilines is 2. The van der Waals surface area contributed by atoms with Gasteiger partial charge in [-0.2, -0.15) is 0 Å². The summed E-state index contributed by atoms with van der Waals surface area (Å²) in [6, 6.07) is 10.4. The van der Waals surface area contributed by atoms with Crippen molar-refractivity contribution in [1.29, 1.82) is 0 Å². The van der Waals surface area contributed by atoms with Gasteiger partial charge in [0.25, 0.3) is 5.91 Å². The van der Waals surface area contributed by atoms with Crippen LogP contribution in [0.3, 0.4) is 0 Å². The molecule has 0 aromatic heterocycles. The summed E-state index contributed by atoms with van der Waals surface area (Å²) in [4.78, 5) is 24.8. The Bertz CT molecular complexity index is 862. The van der Waals surface area contributed by atoms with Crippen molar-refractivity contribution >= 4 is 35.6 Å². The summed E-state index contributed by atoms with van der Waals surface area (Å²) in [6.45, 7) is 0. The third kappa shape index (κ3) is 5.21. The van der Waals surface area contributed by atoms with Crippen molar-refractivity contribution in [2.24, 2.45) is 11.7 Å². The lowest BCUT2D eigenvalue weighted by Gasteiger charge is -2.14. The molecule has 2 amide bonds. The van der Waals surface area contributed by atoms with E-state index in [-0.39, 0.29) is 35.8 Å². The highest BCUT2D eigenvalue weighted by atomic mass is 35.5. The molecule has 150 valence electrons. The minimum Gasteiger partial charge on any atom is -0.495 e. The van der Waals surface area contributed by atoms with Gasteiger partial charge in [0.15, 0.2) is 0 Å². The van der Waals surface area contributed by atoms with Crippen molar-refractivity contribution in [3.8, 4) is 5.75 Å². The lowest BCUT2D eigenvalue weighted by Crippen LogP contribution is -2.23. The van der Waals surface area contributed by atoms with E-state index in [9.17, 15) is 14.0 Å². The largest absolute Gasteiger partial charge is 0.495 e. The number of nitrogens with two attached hydrogens (primary N) is 1. The van der Waals surface area contributed by atoms with Crippen LogP contribution in [0.15, 0.2) is 42.5 Å². The molecule has 1 fully saturated rings. The summed E-state index contributed by atoms with van der Waals surface area (Å²) in [5.41, 5.74) is 6.97. The topological polar surface area (TPSA) is 93.4 Å². The SMILES string of the molecule is COc1ccc(NC(=O)C2CCC(N)C2)cc1NC(=O)c1cccc(F)c1.Cl. The Kier molecular flexibility index (Phi) is 7.37. The molecule has 8 heteroatoms. The number of nitrogens with one attached hydrogen (secondary N) is 2. The van der Waals surface area contributed by atoms with Crippen LogP contribution in [0.4, 0.5) is 15.8 Å². The molecule has 0 spiro atoms. The molecule has 28 heavy (non-hydrogen) atoms. The van der Waals surface area contributed by atoms with Crippen LogP contribution in [0, 0.1) is 11.7 Å². The predicted octanol–water partition coefficient (Wildman–Crippen LogP) is 3.57. The Morgan fingerprint density at radius 3 is 2.57 bits per heavy atom. The van der Waals surface area contributed by atoms with Crippen molar-refractivity contribution in [2.75, 3.05) is 17.7 Å². The van der Waals surface area contributed by atoms with Gasteiger partial charge in [-0.05, 0) is 55.7 Å². The van der Waals surface area contributed by atoms with E-state index in [2.05, 4.69) is 10.6 Å². The number of benzene rings is 2. The second kappa shape index (κ2) is 9.52. The van der Waals surface area contributed by atoms with Crippen molar-refractivity contribution < 1.29 is 18.7 Å². The van der Waals surface area contributed by atoms with E-state index in [4.69, 9.17) is 10.5 Å². The first-order valence-electron chi connectivity index (χ1n) is 8.77.